The summed E-state index contributed by atoms with van der Waals surface area (Å²) in [5.74, 6) is 2.00. The number of aliphatic hydroxyl groups excluding tert-OH is 1. The summed E-state index contributed by atoms with van der Waals surface area (Å²) >= 11 is 0. The smallest absolute Gasteiger partial charge is 0.133 e. The lowest BCUT2D eigenvalue weighted by molar-refractivity contribution is 0.281. The van der Waals surface area contributed by atoms with Crippen LogP contribution in [0.4, 0.5) is 5.69 Å². The van der Waals surface area contributed by atoms with Gasteiger partial charge in [-0.15, -0.1) is 0 Å². The average Bonchev–Trinajstić information content (AvgIpc) is 2.39. The molecule has 0 aliphatic rings. The van der Waals surface area contributed by atoms with Gasteiger partial charge in [0.15, 0.2) is 0 Å². The van der Waals surface area contributed by atoms with E-state index in [2.05, 4.69) is 0 Å². The van der Waals surface area contributed by atoms with Gasteiger partial charge in [-0.05, 0) is 24.6 Å². The van der Waals surface area contributed by atoms with Gasteiger partial charge in [0.2, 0.25) is 0 Å². The molecule has 0 fully saturated rings. The van der Waals surface area contributed by atoms with Crippen LogP contribution in [0.25, 0.3) is 0 Å². The van der Waals surface area contributed by atoms with Crippen LogP contribution in [-0.2, 0) is 6.61 Å². The van der Waals surface area contributed by atoms with E-state index >= 15 is 0 Å². The van der Waals surface area contributed by atoms with Crippen molar-refractivity contribution in [2.45, 2.75) is 13.5 Å². The van der Waals surface area contributed by atoms with E-state index in [1.807, 2.05) is 19.1 Å². The van der Waals surface area contributed by atoms with E-state index < -0.39 is 0 Å². The molecule has 0 aliphatic heterocycles. The van der Waals surface area contributed by atoms with Crippen LogP contribution in [0.1, 0.15) is 12.5 Å². The van der Waals surface area contributed by atoms with Gasteiger partial charge >= 0.3 is 0 Å². The summed E-state index contributed by atoms with van der Waals surface area (Å²) in [6.07, 6.45) is 0. The minimum absolute atomic E-state index is 0.0209. The van der Waals surface area contributed by atoms with Crippen LogP contribution in [0.15, 0.2) is 42.5 Å². The number of hydrogen-bond acceptors (Lipinski definition) is 4. The third-order valence-electron chi connectivity index (χ3n) is 2.56. The number of anilines is 1. The molecule has 19 heavy (non-hydrogen) atoms. The molecule has 2 aromatic rings. The number of aliphatic hydroxyl groups is 1. The van der Waals surface area contributed by atoms with Gasteiger partial charge in [0.05, 0.1) is 13.2 Å². The standard InChI is InChI=1S/C15H17NO3/c1-2-18-14-7-12(16)8-15(9-14)19-13-5-3-11(10-17)4-6-13/h3-9,17H,2,10,16H2,1H3. The summed E-state index contributed by atoms with van der Waals surface area (Å²) < 4.78 is 11.1. The lowest BCUT2D eigenvalue weighted by Gasteiger charge is -2.10. The van der Waals surface area contributed by atoms with Gasteiger partial charge in [-0.2, -0.15) is 0 Å². The molecule has 0 bridgehead atoms. The lowest BCUT2D eigenvalue weighted by atomic mass is 10.2. The second-order valence-electron chi connectivity index (χ2n) is 4.07. The highest BCUT2D eigenvalue weighted by atomic mass is 16.5. The predicted molar refractivity (Wildman–Crippen MR) is 74.5 cm³/mol. The van der Waals surface area contributed by atoms with Crippen molar-refractivity contribution in [3.05, 3.63) is 48.0 Å². The highest BCUT2D eigenvalue weighted by Gasteiger charge is 2.02. The summed E-state index contributed by atoms with van der Waals surface area (Å²) in [6, 6.07) is 12.5. The number of hydrogen-bond donors (Lipinski definition) is 2. The monoisotopic (exact) mass is 259 g/mol. The van der Waals surface area contributed by atoms with E-state index in [0.29, 0.717) is 29.5 Å². The van der Waals surface area contributed by atoms with Gasteiger partial charge in [-0.25, -0.2) is 0 Å². The van der Waals surface area contributed by atoms with Crippen LogP contribution >= 0.6 is 0 Å². The normalized spacial score (nSPS) is 10.2. The van der Waals surface area contributed by atoms with Crippen LogP contribution in [0.2, 0.25) is 0 Å². The molecule has 0 spiro atoms. The molecule has 0 atom stereocenters. The summed E-state index contributed by atoms with van der Waals surface area (Å²) in [5, 5.41) is 8.98. The number of benzene rings is 2. The molecular weight excluding hydrogens is 242 g/mol. The molecular formula is C15H17NO3. The Morgan fingerprint density at radius 3 is 2.32 bits per heavy atom. The SMILES string of the molecule is CCOc1cc(N)cc(Oc2ccc(CO)cc2)c1. The van der Waals surface area contributed by atoms with E-state index in [1.54, 1.807) is 30.3 Å². The quantitative estimate of drug-likeness (QED) is 0.810. The summed E-state index contributed by atoms with van der Waals surface area (Å²) in [4.78, 5) is 0. The Bertz CT molecular complexity index is 538. The molecule has 4 heteroatoms. The first-order valence-corrected chi connectivity index (χ1v) is 6.12. The molecule has 0 saturated heterocycles. The van der Waals surface area contributed by atoms with E-state index in [9.17, 15) is 0 Å². The molecule has 0 unspecified atom stereocenters. The molecule has 0 aromatic heterocycles. The first-order valence-electron chi connectivity index (χ1n) is 6.12. The number of nitrogens with two attached hydrogens (primary N) is 1. The fourth-order valence-electron chi connectivity index (χ4n) is 1.70. The van der Waals surface area contributed by atoms with Gasteiger partial charge in [-0.3, -0.25) is 0 Å². The third kappa shape index (κ3) is 3.63. The van der Waals surface area contributed by atoms with Crippen molar-refractivity contribution in [3.63, 3.8) is 0 Å². The summed E-state index contributed by atoms with van der Waals surface area (Å²) in [6.45, 7) is 2.51. The Kier molecular flexibility index (Phi) is 4.26. The Morgan fingerprint density at radius 1 is 1.00 bits per heavy atom. The molecule has 0 heterocycles. The third-order valence-corrected chi connectivity index (χ3v) is 2.56. The second-order valence-corrected chi connectivity index (χ2v) is 4.07. The van der Waals surface area contributed by atoms with E-state index in [1.165, 1.54) is 0 Å². The molecule has 0 saturated carbocycles. The zero-order valence-corrected chi connectivity index (χ0v) is 10.8. The van der Waals surface area contributed by atoms with E-state index in [0.717, 1.165) is 5.56 Å². The molecule has 0 aliphatic carbocycles. The Balaban J connectivity index is 2.17. The first kappa shape index (κ1) is 13.2. The molecule has 100 valence electrons. The van der Waals surface area contributed by atoms with Crippen molar-refractivity contribution in [3.8, 4) is 17.2 Å². The molecule has 2 aromatic carbocycles. The van der Waals surface area contributed by atoms with Gasteiger partial charge in [0.25, 0.3) is 0 Å². The van der Waals surface area contributed by atoms with Crippen LogP contribution < -0.4 is 15.2 Å². The van der Waals surface area contributed by atoms with Crippen LogP contribution in [0.3, 0.4) is 0 Å². The molecule has 3 N–H and O–H groups in total. The Labute approximate surface area is 112 Å². The summed E-state index contributed by atoms with van der Waals surface area (Å²) in [5.41, 5.74) is 7.23. The number of rotatable bonds is 5. The summed E-state index contributed by atoms with van der Waals surface area (Å²) in [7, 11) is 0. The van der Waals surface area contributed by atoms with Crippen molar-refractivity contribution in [1.82, 2.24) is 0 Å². The lowest BCUT2D eigenvalue weighted by Crippen LogP contribution is -1.95. The van der Waals surface area contributed by atoms with E-state index in [-0.39, 0.29) is 6.61 Å². The van der Waals surface area contributed by atoms with Crippen molar-refractivity contribution >= 4 is 5.69 Å². The molecule has 2 rings (SSSR count). The van der Waals surface area contributed by atoms with Crippen LogP contribution in [-0.4, -0.2) is 11.7 Å². The topological polar surface area (TPSA) is 64.7 Å². The van der Waals surface area contributed by atoms with Crippen LogP contribution in [0.5, 0.6) is 17.2 Å². The van der Waals surface area contributed by atoms with Gasteiger partial charge < -0.3 is 20.3 Å². The van der Waals surface area contributed by atoms with Crippen molar-refractivity contribution in [1.29, 1.82) is 0 Å². The maximum atomic E-state index is 8.98. The fraction of sp³-hybridized carbons (Fsp3) is 0.200. The minimum Gasteiger partial charge on any atom is -0.494 e. The second kappa shape index (κ2) is 6.11. The Hall–Kier alpha value is -2.20. The highest BCUT2D eigenvalue weighted by molar-refractivity contribution is 5.51. The number of nitrogen functional groups attached to an aromatic ring is 1. The average molecular weight is 259 g/mol. The zero-order chi connectivity index (χ0) is 13.7. The van der Waals surface area contributed by atoms with Gasteiger partial charge in [0, 0.05) is 23.9 Å². The van der Waals surface area contributed by atoms with E-state index in [4.69, 9.17) is 20.3 Å². The van der Waals surface area contributed by atoms with Crippen molar-refractivity contribution in [2.75, 3.05) is 12.3 Å². The molecule has 0 radical (unpaired) electrons. The fourth-order valence-corrected chi connectivity index (χ4v) is 1.70. The Morgan fingerprint density at radius 2 is 1.68 bits per heavy atom. The maximum absolute atomic E-state index is 8.98. The maximum Gasteiger partial charge on any atom is 0.133 e. The first-order chi connectivity index (χ1) is 9.21. The zero-order valence-electron chi connectivity index (χ0n) is 10.8. The largest absolute Gasteiger partial charge is 0.494 e. The van der Waals surface area contributed by atoms with Gasteiger partial charge in [-0.1, -0.05) is 12.1 Å². The van der Waals surface area contributed by atoms with Crippen molar-refractivity contribution in [2.24, 2.45) is 0 Å². The molecule has 4 nitrogen and oxygen atoms in total. The van der Waals surface area contributed by atoms with Crippen LogP contribution in [0, 0.1) is 0 Å². The van der Waals surface area contributed by atoms with Gasteiger partial charge in [0.1, 0.15) is 17.2 Å². The predicted octanol–water partition coefficient (Wildman–Crippen LogP) is 2.95. The molecule has 0 amide bonds. The highest BCUT2D eigenvalue weighted by Crippen LogP contribution is 2.28. The minimum atomic E-state index is 0.0209. The van der Waals surface area contributed by atoms with Crippen molar-refractivity contribution < 1.29 is 14.6 Å². The number of ether oxygens (including phenoxy) is 2.